The minimum Gasteiger partial charge on any atom is -0.411 e. The van der Waals surface area contributed by atoms with Crippen LogP contribution in [0.15, 0.2) is 69.7 Å². The van der Waals surface area contributed by atoms with E-state index in [1.165, 1.54) is 23.5 Å². The highest BCUT2D eigenvalue weighted by atomic mass is 35.5. The Morgan fingerprint density at radius 2 is 1.88 bits per heavy atom. The molecule has 0 unspecified atom stereocenters. The molecule has 3 aromatic heterocycles. The van der Waals surface area contributed by atoms with E-state index in [2.05, 4.69) is 20.5 Å². The van der Waals surface area contributed by atoms with Gasteiger partial charge in [-0.2, -0.15) is 0 Å². The minimum atomic E-state index is -0.339. The summed E-state index contributed by atoms with van der Waals surface area (Å²) >= 11 is 8.46. The maximum Gasteiger partial charge on any atom is 0.277 e. The molecule has 1 N–H and O–H groups in total. The Labute approximate surface area is 194 Å². The molecule has 5 aromatic rings. The molecule has 1 amide bonds. The van der Waals surface area contributed by atoms with E-state index in [4.69, 9.17) is 16.0 Å². The van der Waals surface area contributed by atoms with Crippen LogP contribution in [0.2, 0.25) is 5.02 Å². The molecular formula is C21H13ClFN5O2S2. The van der Waals surface area contributed by atoms with Crippen LogP contribution < -0.4 is 5.32 Å². The number of hydrogen-bond donors (Lipinski definition) is 1. The zero-order valence-electron chi connectivity index (χ0n) is 16.2. The molecule has 160 valence electrons. The van der Waals surface area contributed by atoms with E-state index in [0.29, 0.717) is 28.0 Å². The first-order chi connectivity index (χ1) is 15.6. The molecule has 0 spiro atoms. The van der Waals surface area contributed by atoms with E-state index in [9.17, 15) is 9.18 Å². The Balaban J connectivity index is 1.30. The topological polar surface area (TPSA) is 85.3 Å². The van der Waals surface area contributed by atoms with Crippen molar-refractivity contribution in [1.82, 2.24) is 19.6 Å². The van der Waals surface area contributed by atoms with Crippen LogP contribution in [0.25, 0.3) is 27.7 Å². The average Bonchev–Trinajstić information content (AvgIpc) is 3.51. The number of anilines is 1. The molecule has 0 fully saturated rings. The molecule has 5 rings (SSSR count). The van der Waals surface area contributed by atoms with Crippen molar-refractivity contribution in [3.8, 4) is 22.7 Å². The molecule has 3 heterocycles. The molecule has 0 atom stereocenters. The fourth-order valence-corrected chi connectivity index (χ4v) is 4.39. The number of thioether (sulfide) groups is 1. The predicted molar refractivity (Wildman–Crippen MR) is 123 cm³/mol. The number of carbonyl (C=O) groups excluding carboxylic acids is 1. The first kappa shape index (κ1) is 20.7. The Kier molecular flexibility index (Phi) is 5.64. The van der Waals surface area contributed by atoms with E-state index in [1.807, 2.05) is 11.6 Å². The van der Waals surface area contributed by atoms with Crippen LogP contribution in [-0.4, -0.2) is 31.2 Å². The number of hydrogen-bond acceptors (Lipinski definition) is 7. The van der Waals surface area contributed by atoms with Gasteiger partial charge in [0.05, 0.1) is 5.75 Å². The zero-order valence-corrected chi connectivity index (χ0v) is 18.5. The summed E-state index contributed by atoms with van der Waals surface area (Å²) < 4.78 is 20.7. The molecule has 32 heavy (non-hydrogen) atoms. The summed E-state index contributed by atoms with van der Waals surface area (Å²) in [6.07, 6.45) is 1.82. The number of nitrogens with one attached hydrogen (secondary N) is 1. The van der Waals surface area contributed by atoms with Crippen molar-refractivity contribution >= 4 is 51.4 Å². The molecule has 0 radical (unpaired) electrons. The average molecular weight is 486 g/mol. The molecular weight excluding hydrogens is 473 g/mol. The normalized spacial score (nSPS) is 11.2. The van der Waals surface area contributed by atoms with E-state index in [0.717, 1.165) is 22.3 Å². The molecule has 2 aromatic carbocycles. The Morgan fingerprint density at radius 3 is 2.66 bits per heavy atom. The lowest BCUT2D eigenvalue weighted by molar-refractivity contribution is -0.113. The number of imidazole rings is 1. The summed E-state index contributed by atoms with van der Waals surface area (Å²) in [6.45, 7) is 0. The number of aromatic nitrogens is 4. The first-order valence-electron chi connectivity index (χ1n) is 9.30. The molecule has 0 saturated heterocycles. The van der Waals surface area contributed by atoms with Crippen molar-refractivity contribution in [2.75, 3.05) is 11.1 Å². The Hall–Kier alpha value is -3.21. The fourth-order valence-electron chi connectivity index (χ4n) is 2.99. The van der Waals surface area contributed by atoms with Crippen LogP contribution in [0.3, 0.4) is 0 Å². The van der Waals surface area contributed by atoms with Crippen LogP contribution in [0.1, 0.15) is 0 Å². The van der Waals surface area contributed by atoms with E-state index < -0.39 is 0 Å². The van der Waals surface area contributed by atoms with Crippen LogP contribution in [0.4, 0.5) is 10.2 Å². The number of fused-ring (bicyclic) bond motifs is 1. The summed E-state index contributed by atoms with van der Waals surface area (Å²) in [5, 5.41) is 13.6. The van der Waals surface area contributed by atoms with E-state index >= 15 is 0 Å². The van der Waals surface area contributed by atoms with Crippen LogP contribution in [-0.2, 0) is 4.79 Å². The number of benzene rings is 2. The third-order valence-electron chi connectivity index (χ3n) is 4.46. The molecule has 0 aliphatic rings. The number of rotatable bonds is 6. The molecule has 0 saturated carbocycles. The smallest absolute Gasteiger partial charge is 0.277 e. The number of thiazole rings is 1. The molecule has 7 nitrogen and oxygen atoms in total. The SMILES string of the molecule is O=C(CSc1nnc(-c2ccc(Cl)cc2)o1)Nc1c(-c2ccc(F)cc2)nc2sccn12. The molecule has 0 aliphatic heterocycles. The summed E-state index contributed by atoms with van der Waals surface area (Å²) in [6, 6.07) is 13.0. The van der Waals surface area contributed by atoms with Gasteiger partial charge in [-0.25, -0.2) is 9.37 Å². The quantitative estimate of drug-likeness (QED) is 0.313. The molecule has 11 heteroatoms. The van der Waals surface area contributed by atoms with Gasteiger partial charge in [-0.3, -0.25) is 9.20 Å². The summed E-state index contributed by atoms with van der Waals surface area (Å²) in [7, 11) is 0. The van der Waals surface area contributed by atoms with Gasteiger partial charge in [0.15, 0.2) is 4.96 Å². The van der Waals surface area contributed by atoms with Gasteiger partial charge in [-0.1, -0.05) is 23.4 Å². The van der Waals surface area contributed by atoms with Gasteiger partial charge in [0.1, 0.15) is 17.3 Å². The summed E-state index contributed by atoms with van der Waals surface area (Å²) in [5.41, 5.74) is 2.01. The number of amides is 1. The van der Waals surface area contributed by atoms with Crippen molar-refractivity contribution in [3.63, 3.8) is 0 Å². The zero-order chi connectivity index (χ0) is 22.1. The number of nitrogens with zero attached hydrogens (tertiary/aromatic N) is 4. The predicted octanol–water partition coefficient (Wildman–Crippen LogP) is 5.64. The van der Waals surface area contributed by atoms with E-state index in [-0.39, 0.29) is 22.7 Å². The highest BCUT2D eigenvalue weighted by Gasteiger charge is 2.18. The number of carbonyl (C=O) groups is 1. The van der Waals surface area contributed by atoms with Gasteiger partial charge < -0.3 is 9.73 Å². The first-order valence-corrected chi connectivity index (χ1v) is 11.5. The van der Waals surface area contributed by atoms with Crippen molar-refractivity contribution in [2.45, 2.75) is 5.22 Å². The fraction of sp³-hybridized carbons (Fsp3) is 0.0476. The van der Waals surface area contributed by atoms with Crippen LogP contribution >= 0.6 is 34.7 Å². The Bertz CT molecular complexity index is 1400. The second kappa shape index (κ2) is 8.73. The maximum atomic E-state index is 13.3. The molecule has 0 bridgehead atoms. The van der Waals surface area contributed by atoms with Crippen molar-refractivity contribution in [3.05, 3.63) is 70.9 Å². The third-order valence-corrected chi connectivity index (χ3v) is 6.29. The van der Waals surface area contributed by atoms with Crippen molar-refractivity contribution in [1.29, 1.82) is 0 Å². The van der Waals surface area contributed by atoms with Gasteiger partial charge in [-0.05, 0) is 48.5 Å². The highest BCUT2D eigenvalue weighted by Crippen LogP contribution is 2.31. The Morgan fingerprint density at radius 1 is 1.12 bits per heavy atom. The standard InChI is InChI=1S/C21H13ClFN5O2S2/c22-14-5-1-13(2-6-14)19-26-27-21(30-19)32-11-16(29)24-18-17(12-3-7-15(23)8-4-12)25-20-28(18)9-10-31-20/h1-10H,11H2,(H,24,29). The largest absolute Gasteiger partial charge is 0.411 e. The second-order valence-corrected chi connectivity index (χ2v) is 8.82. The van der Waals surface area contributed by atoms with Gasteiger partial charge >= 0.3 is 0 Å². The lowest BCUT2D eigenvalue weighted by Crippen LogP contribution is -2.15. The summed E-state index contributed by atoms with van der Waals surface area (Å²) in [4.78, 5) is 18.0. The van der Waals surface area contributed by atoms with Gasteiger partial charge in [0.2, 0.25) is 11.8 Å². The maximum absolute atomic E-state index is 13.3. The lowest BCUT2D eigenvalue weighted by atomic mass is 10.1. The lowest BCUT2D eigenvalue weighted by Gasteiger charge is -2.06. The second-order valence-electron chi connectivity index (χ2n) is 6.59. The van der Waals surface area contributed by atoms with Gasteiger partial charge in [0.25, 0.3) is 5.22 Å². The third kappa shape index (κ3) is 4.24. The monoisotopic (exact) mass is 485 g/mol. The molecule has 0 aliphatic carbocycles. The highest BCUT2D eigenvalue weighted by molar-refractivity contribution is 7.99. The number of halogens is 2. The van der Waals surface area contributed by atoms with Crippen LogP contribution in [0, 0.1) is 5.82 Å². The van der Waals surface area contributed by atoms with Crippen molar-refractivity contribution < 1.29 is 13.6 Å². The summed E-state index contributed by atoms with van der Waals surface area (Å²) in [5.74, 6) is 0.319. The minimum absolute atomic E-state index is 0.0580. The van der Waals surface area contributed by atoms with Crippen LogP contribution in [0.5, 0.6) is 0 Å². The van der Waals surface area contributed by atoms with E-state index in [1.54, 1.807) is 40.8 Å². The van der Waals surface area contributed by atoms with Gasteiger partial charge in [0, 0.05) is 27.7 Å². The van der Waals surface area contributed by atoms with Gasteiger partial charge in [-0.15, -0.1) is 21.5 Å². The van der Waals surface area contributed by atoms with Crippen molar-refractivity contribution in [2.24, 2.45) is 0 Å².